The number of hydrogen-bond donors (Lipinski definition) is 2. The molecule has 2 atom stereocenters. The van der Waals surface area contributed by atoms with Crippen LogP contribution < -0.4 is 0 Å². The molecule has 2 N–H and O–H groups in total. The molecule has 154 valence electrons. The minimum atomic E-state index is -1.05. The Morgan fingerprint density at radius 3 is 2.86 bits per heavy atom. The topological polar surface area (TPSA) is 90.7 Å². The number of nitrogens with zero attached hydrogens (tertiary/aromatic N) is 2. The molecule has 1 amide bonds. The number of carbonyl (C=O) groups excluding carboxylic acids is 1. The number of thiazole rings is 1. The number of carboxylic acid groups (broad SMARTS) is 1. The SMILES string of the molecule is O=C(O)c1csc(SCCN2C(=O)SC[C@@H]2/C=C/[C@@H](O)Cc2ccc(F)cc2)n1. The van der Waals surface area contributed by atoms with Crippen molar-refractivity contribution in [1.29, 1.82) is 0 Å². The van der Waals surface area contributed by atoms with Crippen molar-refractivity contribution in [2.75, 3.05) is 18.1 Å². The number of amides is 1. The molecule has 0 radical (unpaired) electrons. The summed E-state index contributed by atoms with van der Waals surface area (Å²) in [6.45, 7) is 0.502. The summed E-state index contributed by atoms with van der Waals surface area (Å²) in [7, 11) is 0. The third-order valence-electron chi connectivity index (χ3n) is 4.19. The minimum absolute atomic E-state index is 0.0151. The van der Waals surface area contributed by atoms with Crippen LogP contribution in [0, 0.1) is 5.82 Å². The second-order valence-corrected chi connectivity index (χ2v) is 9.44. The van der Waals surface area contributed by atoms with E-state index in [0.29, 0.717) is 28.8 Å². The average Bonchev–Trinajstić information content (AvgIpc) is 3.30. The molecule has 2 heterocycles. The summed E-state index contributed by atoms with van der Waals surface area (Å²) in [6, 6.07) is 5.89. The Morgan fingerprint density at radius 2 is 2.17 bits per heavy atom. The standard InChI is InChI=1S/C19H19FN2O4S3/c20-13-3-1-12(2-4-13)9-15(23)6-5-14-10-29-19(26)22(14)7-8-27-18-21-16(11-28-18)17(24)25/h1-6,11,14-15,23H,7-10H2,(H,24,25)/b6-5+/t14-,15+/m0/s1. The van der Waals surface area contributed by atoms with E-state index in [1.165, 1.54) is 52.4 Å². The number of carboxylic acids is 1. The summed E-state index contributed by atoms with van der Waals surface area (Å²) in [6.07, 6.45) is 3.16. The molecule has 1 aromatic heterocycles. The molecule has 0 spiro atoms. The van der Waals surface area contributed by atoms with Crippen LogP contribution in [0.1, 0.15) is 16.1 Å². The van der Waals surface area contributed by atoms with Crippen LogP contribution in [0.3, 0.4) is 0 Å². The van der Waals surface area contributed by atoms with Gasteiger partial charge < -0.3 is 15.1 Å². The summed E-state index contributed by atoms with van der Waals surface area (Å²) in [5.41, 5.74) is 0.860. The molecule has 29 heavy (non-hydrogen) atoms. The maximum absolute atomic E-state index is 13.0. The van der Waals surface area contributed by atoms with E-state index in [1.54, 1.807) is 23.1 Å². The lowest BCUT2D eigenvalue weighted by Gasteiger charge is -2.21. The highest BCUT2D eigenvalue weighted by molar-refractivity contribution is 8.13. The summed E-state index contributed by atoms with van der Waals surface area (Å²) >= 11 is 3.92. The van der Waals surface area contributed by atoms with Crippen molar-refractivity contribution < 1.29 is 24.2 Å². The number of aliphatic hydroxyl groups is 1. The Labute approximate surface area is 179 Å². The Hall–Kier alpha value is -1.88. The monoisotopic (exact) mass is 454 g/mol. The largest absolute Gasteiger partial charge is 0.476 e. The number of aromatic nitrogens is 1. The van der Waals surface area contributed by atoms with Crippen LogP contribution in [0.4, 0.5) is 9.18 Å². The maximum Gasteiger partial charge on any atom is 0.355 e. The highest BCUT2D eigenvalue weighted by atomic mass is 32.2. The zero-order valence-corrected chi connectivity index (χ0v) is 17.7. The van der Waals surface area contributed by atoms with Crippen molar-refractivity contribution in [3.63, 3.8) is 0 Å². The second-order valence-electron chi connectivity index (χ2n) is 6.27. The summed E-state index contributed by atoms with van der Waals surface area (Å²) in [5, 5.41) is 20.6. The molecule has 0 unspecified atom stereocenters. The van der Waals surface area contributed by atoms with Crippen LogP contribution in [0.15, 0.2) is 46.1 Å². The van der Waals surface area contributed by atoms with Crippen LogP contribution in [0.25, 0.3) is 0 Å². The second kappa shape index (κ2) is 10.2. The van der Waals surface area contributed by atoms with Crippen molar-refractivity contribution >= 4 is 46.1 Å². The van der Waals surface area contributed by atoms with Crippen LogP contribution in [0.5, 0.6) is 0 Å². The highest BCUT2D eigenvalue weighted by Crippen LogP contribution is 2.27. The van der Waals surface area contributed by atoms with Crippen molar-refractivity contribution in [3.8, 4) is 0 Å². The molecular formula is C19H19FN2O4S3. The zero-order valence-electron chi connectivity index (χ0n) is 15.2. The Kier molecular flexibility index (Phi) is 7.70. The van der Waals surface area contributed by atoms with E-state index in [1.807, 2.05) is 6.08 Å². The molecule has 1 aliphatic heterocycles. The van der Waals surface area contributed by atoms with Gasteiger partial charge in [0.15, 0.2) is 10.0 Å². The van der Waals surface area contributed by atoms with Gasteiger partial charge in [-0.15, -0.1) is 11.3 Å². The van der Waals surface area contributed by atoms with Crippen molar-refractivity contribution in [2.24, 2.45) is 0 Å². The third kappa shape index (κ3) is 6.30. The van der Waals surface area contributed by atoms with Crippen molar-refractivity contribution in [1.82, 2.24) is 9.88 Å². The number of benzene rings is 1. The fraction of sp³-hybridized carbons (Fsp3) is 0.316. The van der Waals surface area contributed by atoms with Gasteiger partial charge in [0.05, 0.1) is 12.1 Å². The molecule has 10 heteroatoms. The lowest BCUT2D eigenvalue weighted by atomic mass is 10.1. The van der Waals surface area contributed by atoms with Gasteiger partial charge in [0.2, 0.25) is 0 Å². The predicted octanol–water partition coefficient (Wildman–Crippen LogP) is 3.77. The summed E-state index contributed by atoms with van der Waals surface area (Å²) < 4.78 is 13.6. The molecule has 3 rings (SSSR count). The Morgan fingerprint density at radius 1 is 1.41 bits per heavy atom. The molecule has 0 saturated carbocycles. The maximum atomic E-state index is 13.0. The van der Waals surface area contributed by atoms with Gasteiger partial charge in [0.25, 0.3) is 5.24 Å². The van der Waals surface area contributed by atoms with E-state index in [-0.39, 0.29) is 22.8 Å². The lowest BCUT2D eigenvalue weighted by molar-refractivity contribution is 0.0690. The van der Waals surface area contributed by atoms with Crippen LogP contribution in [-0.2, 0) is 6.42 Å². The fourth-order valence-electron chi connectivity index (χ4n) is 2.72. The van der Waals surface area contributed by atoms with Gasteiger partial charge in [-0.1, -0.05) is 47.8 Å². The number of thioether (sulfide) groups is 2. The normalized spacial score (nSPS) is 17.9. The molecular weight excluding hydrogens is 435 g/mol. The number of hydrogen-bond acceptors (Lipinski definition) is 7. The number of aromatic carboxylic acids is 1. The zero-order chi connectivity index (χ0) is 20.8. The van der Waals surface area contributed by atoms with Gasteiger partial charge >= 0.3 is 5.97 Å². The first kappa shape index (κ1) is 21.8. The molecule has 1 aliphatic rings. The molecule has 0 bridgehead atoms. The van der Waals surface area contributed by atoms with Crippen LogP contribution >= 0.6 is 34.9 Å². The van der Waals surface area contributed by atoms with E-state index >= 15 is 0 Å². The van der Waals surface area contributed by atoms with Crippen molar-refractivity contribution in [2.45, 2.75) is 22.9 Å². The molecule has 1 aromatic carbocycles. The molecule has 1 saturated heterocycles. The number of carbonyl (C=O) groups is 2. The Balaban J connectivity index is 1.50. The summed E-state index contributed by atoms with van der Waals surface area (Å²) in [4.78, 5) is 28.8. The van der Waals surface area contributed by atoms with E-state index in [9.17, 15) is 19.1 Å². The smallest absolute Gasteiger partial charge is 0.355 e. The van der Waals surface area contributed by atoms with Gasteiger partial charge in [-0.3, -0.25) is 4.79 Å². The first-order valence-electron chi connectivity index (χ1n) is 8.78. The van der Waals surface area contributed by atoms with Gasteiger partial charge in [-0.25, -0.2) is 14.2 Å². The van der Waals surface area contributed by atoms with E-state index < -0.39 is 12.1 Å². The number of aliphatic hydroxyl groups excluding tert-OH is 1. The first-order chi connectivity index (χ1) is 13.9. The van der Waals surface area contributed by atoms with Gasteiger partial charge in [0, 0.05) is 29.9 Å². The van der Waals surface area contributed by atoms with Gasteiger partial charge in [-0.05, 0) is 17.7 Å². The predicted molar refractivity (Wildman–Crippen MR) is 113 cm³/mol. The molecule has 0 aliphatic carbocycles. The third-order valence-corrected chi connectivity index (χ3v) is 7.18. The minimum Gasteiger partial charge on any atom is -0.476 e. The average molecular weight is 455 g/mol. The number of rotatable bonds is 9. The lowest BCUT2D eigenvalue weighted by Crippen LogP contribution is -2.34. The first-order valence-corrected chi connectivity index (χ1v) is 11.6. The van der Waals surface area contributed by atoms with Crippen LogP contribution in [-0.4, -0.2) is 61.5 Å². The number of halogens is 1. The molecule has 2 aromatic rings. The summed E-state index contributed by atoms with van der Waals surface area (Å²) in [5.74, 6) is -0.153. The van der Waals surface area contributed by atoms with E-state index in [0.717, 1.165) is 5.56 Å². The van der Waals surface area contributed by atoms with Crippen LogP contribution in [0.2, 0.25) is 0 Å². The van der Waals surface area contributed by atoms with Gasteiger partial charge in [-0.2, -0.15) is 0 Å². The quantitative estimate of drug-likeness (QED) is 0.440. The van der Waals surface area contributed by atoms with Gasteiger partial charge in [0.1, 0.15) is 5.82 Å². The molecule has 1 fully saturated rings. The fourth-order valence-corrected chi connectivity index (χ4v) is 5.53. The van der Waals surface area contributed by atoms with E-state index in [4.69, 9.17) is 5.11 Å². The highest BCUT2D eigenvalue weighted by Gasteiger charge is 2.29. The Bertz CT molecular complexity index is 888. The van der Waals surface area contributed by atoms with Crippen molar-refractivity contribution in [3.05, 3.63) is 58.9 Å². The molecule has 6 nitrogen and oxygen atoms in total. The van der Waals surface area contributed by atoms with E-state index in [2.05, 4.69) is 4.98 Å².